The second kappa shape index (κ2) is 14.4. The summed E-state index contributed by atoms with van der Waals surface area (Å²) in [7, 11) is 0. The SMILES string of the molecule is CCCC1(OCCN)CC(C)CC(C#N)(CN/C(C)=C(\C=N)c2ccc(N3CCc4cccc(C(C)=O)c4C3)nc2C(=O)O)C1. The van der Waals surface area contributed by atoms with Crippen molar-refractivity contribution in [2.45, 2.75) is 78.4 Å². The molecule has 0 radical (unpaired) electrons. The van der Waals surface area contributed by atoms with Crippen molar-refractivity contribution >= 4 is 29.4 Å². The Hall–Kier alpha value is -4.07. The molecule has 5 N–H and O–H groups in total. The van der Waals surface area contributed by atoms with E-state index in [9.17, 15) is 20.0 Å². The zero-order valence-electron chi connectivity index (χ0n) is 26.9. The van der Waals surface area contributed by atoms with Crippen molar-refractivity contribution in [1.29, 1.82) is 10.7 Å². The summed E-state index contributed by atoms with van der Waals surface area (Å²) in [6, 6.07) is 11.8. The first-order valence-electron chi connectivity index (χ1n) is 15.8. The van der Waals surface area contributed by atoms with Gasteiger partial charge in [-0.25, -0.2) is 9.78 Å². The number of fused-ring (bicyclic) bond motifs is 1. The maximum atomic E-state index is 12.5. The number of aromatic nitrogens is 1. The fourth-order valence-electron chi connectivity index (χ4n) is 7.39. The number of carbonyl (C=O) groups is 2. The topological polar surface area (TPSA) is 165 Å². The highest BCUT2D eigenvalue weighted by Crippen LogP contribution is 2.48. The monoisotopic (exact) mass is 614 g/mol. The number of hydrogen-bond donors (Lipinski definition) is 4. The molecule has 1 aromatic heterocycles. The van der Waals surface area contributed by atoms with E-state index in [2.05, 4.69) is 30.2 Å². The van der Waals surface area contributed by atoms with Crippen LogP contribution in [0.4, 0.5) is 5.82 Å². The Labute approximate surface area is 266 Å². The van der Waals surface area contributed by atoms with E-state index < -0.39 is 17.0 Å². The first kappa shape index (κ1) is 33.8. The van der Waals surface area contributed by atoms with Gasteiger partial charge in [-0.3, -0.25) is 4.79 Å². The van der Waals surface area contributed by atoms with Crippen LogP contribution in [0.5, 0.6) is 0 Å². The van der Waals surface area contributed by atoms with Crippen LogP contribution >= 0.6 is 0 Å². The molecular weight excluding hydrogens is 568 g/mol. The number of aromatic carboxylic acids is 1. The van der Waals surface area contributed by atoms with Gasteiger partial charge in [0.25, 0.3) is 0 Å². The Balaban J connectivity index is 1.61. The van der Waals surface area contributed by atoms with Crippen LogP contribution in [0.3, 0.4) is 0 Å². The van der Waals surface area contributed by atoms with Gasteiger partial charge in [0.1, 0.15) is 5.82 Å². The van der Waals surface area contributed by atoms with Gasteiger partial charge >= 0.3 is 5.97 Å². The predicted molar refractivity (Wildman–Crippen MR) is 175 cm³/mol. The number of pyridine rings is 1. The van der Waals surface area contributed by atoms with E-state index in [-0.39, 0.29) is 17.4 Å². The number of nitrogens with two attached hydrogens (primary N) is 1. The fraction of sp³-hybridized carbons (Fsp3) is 0.514. The van der Waals surface area contributed by atoms with Crippen molar-refractivity contribution < 1.29 is 19.4 Å². The number of anilines is 1. The average molecular weight is 615 g/mol. The molecule has 2 aliphatic rings. The predicted octanol–water partition coefficient (Wildman–Crippen LogP) is 5.36. The molecule has 2 heterocycles. The van der Waals surface area contributed by atoms with Gasteiger partial charge in [0, 0.05) is 54.8 Å². The van der Waals surface area contributed by atoms with E-state index in [0.717, 1.165) is 36.6 Å². The molecule has 2 aromatic rings. The van der Waals surface area contributed by atoms with E-state index in [4.69, 9.17) is 15.9 Å². The van der Waals surface area contributed by atoms with E-state index in [0.29, 0.717) is 80.3 Å². The largest absolute Gasteiger partial charge is 0.476 e. The van der Waals surface area contributed by atoms with E-state index in [1.54, 1.807) is 26.0 Å². The number of nitrogens with zero attached hydrogens (tertiary/aromatic N) is 3. The number of carboxylic acid groups (broad SMARTS) is 1. The van der Waals surface area contributed by atoms with Gasteiger partial charge in [-0.2, -0.15) is 5.26 Å². The Kier molecular flexibility index (Phi) is 10.8. The second-order valence-corrected chi connectivity index (χ2v) is 12.7. The van der Waals surface area contributed by atoms with Crippen LogP contribution in [0.25, 0.3) is 5.57 Å². The number of ether oxygens (including phenoxy) is 1. The molecule has 1 aliphatic heterocycles. The molecule has 1 aliphatic carbocycles. The van der Waals surface area contributed by atoms with Gasteiger partial charge in [-0.05, 0) is 75.1 Å². The number of rotatable bonds is 13. The lowest BCUT2D eigenvalue weighted by molar-refractivity contribution is -0.109. The first-order valence-corrected chi connectivity index (χ1v) is 15.8. The van der Waals surface area contributed by atoms with Crippen molar-refractivity contribution in [3.63, 3.8) is 0 Å². The number of carboxylic acids is 1. The Morgan fingerprint density at radius 2 is 2.04 bits per heavy atom. The third-order valence-electron chi connectivity index (χ3n) is 9.18. The minimum Gasteiger partial charge on any atom is -0.476 e. The lowest BCUT2D eigenvalue weighted by Crippen LogP contribution is -2.49. The maximum absolute atomic E-state index is 12.5. The Morgan fingerprint density at radius 1 is 1.27 bits per heavy atom. The molecule has 3 atom stereocenters. The summed E-state index contributed by atoms with van der Waals surface area (Å²) in [6.45, 7) is 9.92. The van der Waals surface area contributed by atoms with Gasteiger partial charge in [-0.1, -0.05) is 38.5 Å². The quantitative estimate of drug-likeness (QED) is 0.172. The van der Waals surface area contributed by atoms with Crippen LogP contribution in [0.1, 0.15) is 97.3 Å². The van der Waals surface area contributed by atoms with Gasteiger partial charge in [0.15, 0.2) is 11.5 Å². The summed E-state index contributed by atoms with van der Waals surface area (Å²) in [4.78, 5) is 31.3. The summed E-state index contributed by atoms with van der Waals surface area (Å²) >= 11 is 0. The molecule has 45 heavy (non-hydrogen) atoms. The molecule has 0 amide bonds. The van der Waals surface area contributed by atoms with Crippen molar-refractivity contribution in [2.24, 2.45) is 17.1 Å². The van der Waals surface area contributed by atoms with Crippen molar-refractivity contribution in [3.8, 4) is 6.07 Å². The van der Waals surface area contributed by atoms with E-state index >= 15 is 0 Å². The number of Topliss-reactive ketones (excluding diaryl/α,β-unsaturated/α-hetero) is 1. The average Bonchev–Trinajstić information content (AvgIpc) is 3.02. The summed E-state index contributed by atoms with van der Waals surface area (Å²) in [6.07, 6.45) is 5.80. The third kappa shape index (κ3) is 7.43. The molecule has 4 rings (SSSR count). The molecule has 240 valence electrons. The highest BCUT2D eigenvalue weighted by Gasteiger charge is 2.48. The molecule has 0 saturated heterocycles. The molecule has 10 nitrogen and oxygen atoms in total. The van der Waals surface area contributed by atoms with E-state index in [1.807, 2.05) is 23.1 Å². The summed E-state index contributed by atoms with van der Waals surface area (Å²) in [5, 5.41) is 32.3. The number of carbonyl (C=O) groups excluding carboxylic acids is 1. The van der Waals surface area contributed by atoms with Crippen LogP contribution in [0.2, 0.25) is 0 Å². The smallest absolute Gasteiger partial charge is 0.355 e. The number of benzene rings is 1. The van der Waals surface area contributed by atoms with Crippen LogP contribution < -0.4 is 16.0 Å². The molecule has 1 saturated carbocycles. The second-order valence-electron chi connectivity index (χ2n) is 12.7. The van der Waals surface area contributed by atoms with Gasteiger partial charge < -0.3 is 31.2 Å². The Bertz CT molecular complexity index is 1510. The maximum Gasteiger partial charge on any atom is 0.355 e. The van der Waals surface area contributed by atoms with Crippen LogP contribution in [0.15, 0.2) is 36.0 Å². The zero-order valence-corrected chi connectivity index (χ0v) is 26.9. The van der Waals surface area contributed by atoms with Crippen molar-refractivity contribution in [1.82, 2.24) is 10.3 Å². The first-order chi connectivity index (χ1) is 21.5. The zero-order chi connectivity index (χ0) is 32.8. The number of nitriles is 1. The molecule has 1 aromatic carbocycles. The lowest BCUT2D eigenvalue weighted by atomic mass is 9.63. The fourth-order valence-corrected chi connectivity index (χ4v) is 7.39. The number of allylic oxidation sites excluding steroid dienone is 2. The number of ketones is 1. The summed E-state index contributed by atoms with van der Waals surface area (Å²) in [5.74, 6) is -0.428. The molecule has 10 heteroatoms. The highest BCUT2D eigenvalue weighted by atomic mass is 16.5. The Morgan fingerprint density at radius 3 is 2.69 bits per heavy atom. The summed E-state index contributed by atoms with van der Waals surface area (Å²) in [5.41, 5.74) is 8.54. The third-order valence-corrected chi connectivity index (χ3v) is 9.18. The number of nitrogens with one attached hydrogen (secondary N) is 2. The van der Waals surface area contributed by atoms with Crippen LogP contribution in [-0.4, -0.2) is 59.9 Å². The van der Waals surface area contributed by atoms with Crippen molar-refractivity contribution in [3.05, 3.63) is 64.0 Å². The molecule has 1 fully saturated rings. The minimum absolute atomic E-state index is 0.00743. The number of hydrogen-bond acceptors (Lipinski definition) is 9. The summed E-state index contributed by atoms with van der Waals surface area (Å²) < 4.78 is 6.33. The lowest BCUT2D eigenvalue weighted by Gasteiger charge is -2.47. The molecule has 3 unspecified atom stereocenters. The minimum atomic E-state index is -1.20. The standard InChI is InChI=1S/C35H46N6O4/c1-5-12-35(45-15-13-36)17-23(2)16-34(20-35,21-38)22-39-24(3)29(18-37)28-9-10-31(40-32(28)33(43)44)41-14-11-26-7-6-8-27(25(4)42)30(26)19-41/h6-10,18,23,37,39H,5,11-17,19-20,22,36H2,1-4H3,(H,43,44)/b29-24+,37-18?. The van der Waals surface area contributed by atoms with Crippen LogP contribution in [-0.2, 0) is 17.7 Å². The van der Waals surface area contributed by atoms with Gasteiger partial charge in [0.05, 0.1) is 23.7 Å². The van der Waals surface area contributed by atoms with Gasteiger partial charge in [0.2, 0.25) is 0 Å². The van der Waals surface area contributed by atoms with Crippen molar-refractivity contribution in [2.75, 3.05) is 31.1 Å². The highest BCUT2D eigenvalue weighted by molar-refractivity contribution is 6.12. The van der Waals surface area contributed by atoms with Gasteiger partial charge in [-0.15, -0.1) is 0 Å². The molecule has 0 spiro atoms. The normalized spacial score (nSPS) is 23.4. The molecular formula is C35H46N6O4. The van der Waals surface area contributed by atoms with E-state index in [1.165, 1.54) is 0 Å². The molecule has 0 bridgehead atoms. The van der Waals surface area contributed by atoms with Crippen LogP contribution in [0, 0.1) is 28.1 Å².